The fourth-order valence-electron chi connectivity index (χ4n) is 2.00. The lowest BCUT2D eigenvalue weighted by atomic mass is 10.3. The van der Waals surface area contributed by atoms with Gasteiger partial charge in [0.2, 0.25) is 15.9 Å². The third-order valence-corrected chi connectivity index (χ3v) is 5.12. The Bertz CT molecular complexity index is 732. The molecule has 23 heavy (non-hydrogen) atoms. The number of nitrogens with one attached hydrogen (secondary N) is 1. The van der Waals surface area contributed by atoms with Crippen LogP contribution in [0.5, 0.6) is 11.5 Å². The average molecular weight is 344 g/mol. The van der Waals surface area contributed by atoms with Crippen molar-refractivity contribution in [1.82, 2.24) is 9.62 Å². The second-order valence-electron chi connectivity index (χ2n) is 4.72. The van der Waals surface area contributed by atoms with Gasteiger partial charge in [0.15, 0.2) is 11.5 Å². The molecular formula is C13H16N2O7S. The highest BCUT2D eigenvalue weighted by Crippen LogP contribution is 2.34. The van der Waals surface area contributed by atoms with Crippen LogP contribution in [0.15, 0.2) is 23.1 Å². The van der Waals surface area contributed by atoms with E-state index < -0.39 is 34.5 Å². The number of ether oxygens (including phenoxy) is 2. The summed E-state index contributed by atoms with van der Waals surface area (Å²) in [6, 6.07) is 3.21. The molecule has 1 saturated heterocycles. The minimum absolute atomic E-state index is 0.00211. The third-order valence-electron chi connectivity index (χ3n) is 3.25. The molecule has 0 bridgehead atoms. The molecule has 2 rings (SSSR count). The van der Waals surface area contributed by atoms with Crippen molar-refractivity contribution in [2.24, 2.45) is 0 Å². The first-order valence-electron chi connectivity index (χ1n) is 6.54. The van der Waals surface area contributed by atoms with Crippen molar-refractivity contribution in [2.75, 3.05) is 27.3 Å². The molecule has 1 amide bonds. The maximum atomic E-state index is 12.4. The van der Waals surface area contributed by atoms with Gasteiger partial charge < -0.3 is 19.9 Å². The predicted molar refractivity (Wildman–Crippen MR) is 77.9 cm³/mol. The van der Waals surface area contributed by atoms with Gasteiger partial charge in [0.05, 0.1) is 19.1 Å². The fraction of sp³-hybridized carbons (Fsp3) is 0.385. The molecule has 126 valence electrons. The normalized spacial score (nSPS) is 19.7. The van der Waals surface area contributed by atoms with Gasteiger partial charge in [0.1, 0.15) is 12.6 Å². The molecule has 0 spiro atoms. The molecule has 9 nitrogen and oxygen atoms in total. The number of amides is 1. The van der Waals surface area contributed by atoms with Gasteiger partial charge >= 0.3 is 5.97 Å². The molecule has 1 heterocycles. The molecule has 0 saturated carbocycles. The minimum Gasteiger partial charge on any atom is -0.493 e. The van der Waals surface area contributed by atoms with Crippen molar-refractivity contribution >= 4 is 21.9 Å². The highest BCUT2D eigenvalue weighted by molar-refractivity contribution is 7.89. The van der Waals surface area contributed by atoms with Gasteiger partial charge in [-0.25, -0.2) is 8.42 Å². The van der Waals surface area contributed by atoms with Gasteiger partial charge in [-0.05, 0) is 12.1 Å². The number of hydrogen-bond donors (Lipinski definition) is 2. The van der Waals surface area contributed by atoms with Gasteiger partial charge in [-0.1, -0.05) is 0 Å². The van der Waals surface area contributed by atoms with E-state index in [1.807, 2.05) is 0 Å². The van der Waals surface area contributed by atoms with Crippen molar-refractivity contribution in [3.05, 3.63) is 18.2 Å². The Hall–Kier alpha value is -2.33. The van der Waals surface area contributed by atoms with Gasteiger partial charge in [-0.15, -0.1) is 0 Å². The van der Waals surface area contributed by atoms with E-state index in [0.717, 1.165) is 4.31 Å². The lowest BCUT2D eigenvalue weighted by Crippen LogP contribution is -2.34. The first-order chi connectivity index (χ1) is 10.8. The van der Waals surface area contributed by atoms with Crippen LogP contribution in [-0.4, -0.2) is 63.1 Å². The van der Waals surface area contributed by atoms with Crippen LogP contribution in [0.2, 0.25) is 0 Å². The SMILES string of the molecule is COc1ccc(S(=O)(=O)N2CC2C(=O)NCC(=O)O)cc1OC. The van der Waals surface area contributed by atoms with Crippen molar-refractivity contribution in [2.45, 2.75) is 10.9 Å². The van der Waals surface area contributed by atoms with Crippen LogP contribution in [0.4, 0.5) is 0 Å². The first-order valence-corrected chi connectivity index (χ1v) is 7.98. The quantitative estimate of drug-likeness (QED) is 0.626. The topological polar surface area (TPSA) is 122 Å². The zero-order valence-corrected chi connectivity index (χ0v) is 13.3. The number of carboxylic acids is 1. The van der Waals surface area contributed by atoms with Crippen LogP contribution in [0.25, 0.3) is 0 Å². The van der Waals surface area contributed by atoms with Gasteiger partial charge in [-0.3, -0.25) is 9.59 Å². The summed E-state index contributed by atoms with van der Waals surface area (Å²) in [5.74, 6) is -1.21. The Labute approximate surface area is 132 Å². The maximum Gasteiger partial charge on any atom is 0.322 e. The summed E-state index contributed by atoms with van der Waals surface area (Å²) in [4.78, 5) is 22.1. The highest BCUT2D eigenvalue weighted by atomic mass is 32.2. The lowest BCUT2D eigenvalue weighted by Gasteiger charge is -2.11. The summed E-state index contributed by atoms with van der Waals surface area (Å²) in [6.07, 6.45) is 0. The minimum atomic E-state index is -3.87. The lowest BCUT2D eigenvalue weighted by molar-refractivity contribution is -0.137. The summed E-state index contributed by atoms with van der Waals surface area (Å²) < 4.78 is 36.0. The third kappa shape index (κ3) is 3.54. The number of benzene rings is 1. The van der Waals surface area contributed by atoms with Crippen LogP contribution >= 0.6 is 0 Å². The van der Waals surface area contributed by atoms with E-state index in [0.29, 0.717) is 5.75 Å². The molecule has 1 fully saturated rings. The number of carbonyl (C=O) groups is 2. The Balaban J connectivity index is 2.14. The molecule has 1 aromatic rings. The number of aliphatic carboxylic acids is 1. The van der Waals surface area contributed by atoms with Crippen LogP contribution in [0, 0.1) is 0 Å². The van der Waals surface area contributed by atoms with E-state index in [1.165, 1.54) is 32.4 Å². The van der Waals surface area contributed by atoms with Gasteiger partial charge in [-0.2, -0.15) is 4.31 Å². The number of carbonyl (C=O) groups excluding carboxylic acids is 1. The number of nitrogens with zero attached hydrogens (tertiary/aromatic N) is 1. The van der Waals surface area contributed by atoms with Crippen LogP contribution in [0.3, 0.4) is 0 Å². The molecule has 0 aliphatic carbocycles. The van der Waals surface area contributed by atoms with E-state index in [-0.39, 0.29) is 17.2 Å². The summed E-state index contributed by atoms with van der Waals surface area (Å²) in [5.41, 5.74) is 0. The molecule has 1 aliphatic rings. The Kier molecular flexibility index (Phi) is 4.76. The Morgan fingerprint density at radius 3 is 2.52 bits per heavy atom. The molecular weight excluding hydrogens is 328 g/mol. The average Bonchev–Trinajstić information content (AvgIpc) is 3.33. The highest BCUT2D eigenvalue weighted by Gasteiger charge is 2.49. The zero-order chi connectivity index (χ0) is 17.2. The predicted octanol–water partition coefficient (Wildman–Crippen LogP) is -0.722. The van der Waals surface area contributed by atoms with Crippen molar-refractivity contribution in [3.63, 3.8) is 0 Å². The number of methoxy groups -OCH3 is 2. The van der Waals surface area contributed by atoms with Gasteiger partial charge in [0.25, 0.3) is 0 Å². The number of rotatable bonds is 7. The molecule has 1 aliphatic heterocycles. The van der Waals surface area contributed by atoms with E-state index in [4.69, 9.17) is 14.6 Å². The molecule has 2 atom stereocenters. The summed E-state index contributed by atoms with van der Waals surface area (Å²) in [5, 5.41) is 10.7. The maximum absolute atomic E-state index is 12.4. The zero-order valence-electron chi connectivity index (χ0n) is 12.5. The van der Waals surface area contributed by atoms with Gasteiger partial charge in [0, 0.05) is 12.6 Å². The Morgan fingerprint density at radius 2 is 1.96 bits per heavy atom. The standard InChI is InChI=1S/C13H16N2O7S/c1-21-10-4-3-8(5-11(10)22-2)23(19,20)15-7-9(15)13(18)14-6-12(16)17/h3-5,9H,6-7H2,1-2H3,(H,14,18)(H,16,17). The van der Waals surface area contributed by atoms with Crippen molar-refractivity contribution in [1.29, 1.82) is 0 Å². The van der Waals surface area contributed by atoms with E-state index >= 15 is 0 Å². The summed E-state index contributed by atoms with van der Waals surface area (Å²) in [7, 11) is -1.05. The molecule has 0 aromatic heterocycles. The molecule has 1 aromatic carbocycles. The van der Waals surface area contributed by atoms with Crippen LogP contribution in [0.1, 0.15) is 0 Å². The number of carboxylic acid groups (broad SMARTS) is 1. The first kappa shape index (κ1) is 17.0. The number of sulfonamides is 1. The van der Waals surface area contributed by atoms with Crippen molar-refractivity contribution < 1.29 is 32.6 Å². The van der Waals surface area contributed by atoms with E-state index in [2.05, 4.69) is 5.32 Å². The van der Waals surface area contributed by atoms with E-state index in [1.54, 1.807) is 0 Å². The second-order valence-corrected chi connectivity index (χ2v) is 6.61. The van der Waals surface area contributed by atoms with Crippen LogP contribution in [-0.2, 0) is 19.6 Å². The Morgan fingerprint density at radius 1 is 1.30 bits per heavy atom. The van der Waals surface area contributed by atoms with E-state index in [9.17, 15) is 18.0 Å². The fourth-order valence-corrected chi connectivity index (χ4v) is 3.53. The largest absolute Gasteiger partial charge is 0.493 e. The molecule has 2 N–H and O–H groups in total. The summed E-state index contributed by atoms with van der Waals surface area (Å²) >= 11 is 0. The van der Waals surface area contributed by atoms with Crippen molar-refractivity contribution in [3.8, 4) is 11.5 Å². The molecule has 2 unspecified atom stereocenters. The smallest absolute Gasteiger partial charge is 0.322 e. The monoisotopic (exact) mass is 344 g/mol. The molecule has 10 heteroatoms. The van der Waals surface area contributed by atoms with Crippen LogP contribution < -0.4 is 14.8 Å². The number of hydrogen-bond acceptors (Lipinski definition) is 6. The molecule has 0 radical (unpaired) electrons. The second kappa shape index (κ2) is 6.42. The summed E-state index contributed by atoms with van der Waals surface area (Å²) in [6.45, 7) is -0.554.